The van der Waals surface area contributed by atoms with E-state index in [1.165, 1.54) is 6.07 Å². The standard InChI is InChI=1S/C18H25FN4O4S/c19-14-10-15-12(4-5-17(24)22-15)9-16(14)28(26,27)21-6-2-8-23-7-1-3-13(11-23)18(20)25/h9-10,13,21H,1-8,11H2,(H2,20,25)(H,22,24). The molecule has 1 fully saturated rings. The maximum Gasteiger partial charge on any atom is 0.243 e. The summed E-state index contributed by atoms with van der Waals surface area (Å²) in [6, 6.07) is 2.34. The van der Waals surface area contributed by atoms with E-state index in [4.69, 9.17) is 5.73 Å². The number of likely N-dealkylation sites (tertiary alicyclic amines) is 1. The highest BCUT2D eigenvalue weighted by molar-refractivity contribution is 7.89. The summed E-state index contributed by atoms with van der Waals surface area (Å²) in [5, 5.41) is 2.55. The zero-order valence-corrected chi connectivity index (χ0v) is 16.4. The minimum Gasteiger partial charge on any atom is -0.369 e. The van der Waals surface area contributed by atoms with Crippen LogP contribution in [0.25, 0.3) is 0 Å². The molecule has 8 nitrogen and oxygen atoms in total. The number of aryl methyl sites for hydroxylation is 1. The van der Waals surface area contributed by atoms with Gasteiger partial charge in [0.25, 0.3) is 0 Å². The second kappa shape index (κ2) is 8.54. The Morgan fingerprint density at radius 2 is 2.14 bits per heavy atom. The lowest BCUT2D eigenvalue weighted by Gasteiger charge is -2.31. The molecular weight excluding hydrogens is 387 g/mol. The van der Waals surface area contributed by atoms with Gasteiger partial charge in [-0.1, -0.05) is 0 Å². The summed E-state index contributed by atoms with van der Waals surface area (Å²) in [4.78, 5) is 24.4. The molecule has 3 rings (SSSR count). The van der Waals surface area contributed by atoms with Gasteiger partial charge in [0.2, 0.25) is 21.8 Å². The summed E-state index contributed by atoms with van der Waals surface area (Å²) >= 11 is 0. The number of hydrogen-bond donors (Lipinski definition) is 3. The molecule has 0 aromatic heterocycles. The number of carbonyl (C=O) groups is 2. The highest BCUT2D eigenvalue weighted by Crippen LogP contribution is 2.28. The molecule has 10 heteroatoms. The molecule has 28 heavy (non-hydrogen) atoms. The van der Waals surface area contributed by atoms with Crippen LogP contribution in [0.3, 0.4) is 0 Å². The Labute approximate surface area is 163 Å². The fourth-order valence-electron chi connectivity index (χ4n) is 3.66. The lowest BCUT2D eigenvalue weighted by Crippen LogP contribution is -2.42. The molecule has 2 heterocycles. The van der Waals surface area contributed by atoms with E-state index in [2.05, 4.69) is 14.9 Å². The summed E-state index contributed by atoms with van der Waals surface area (Å²) in [7, 11) is -4.00. The summed E-state index contributed by atoms with van der Waals surface area (Å²) in [5.41, 5.74) is 6.29. The van der Waals surface area contributed by atoms with Crippen LogP contribution in [0.1, 0.15) is 31.2 Å². The van der Waals surface area contributed by atoms with Crippen LogP contribution in [-0.2, 0) is 26.0 Å². The molecule has 1 saturated heterocycles. The molecule has 0 radical (unpaired) electrons. The summed E-state index contributed by atoms with van der Waals surface area (Å²) in [6.07, 6.45) is 2.83. The first-order valence-electron chi connectivity index (χ1n) is 9.40. The van der Waals surface area contributed by atoms with Crippen LogP contribution in [0.2, 0.25) is 0 Å². The van der Waals surface area contributed by atoms with Gasteiger partial charge in [0.1, 0.15) is 10.7 Å². The van der Waals surface area contributed by atoms with Gasteiger partial charge >= 0.3 is 0 Å². The molecular formula is C18H25FN4O4S. The average Bonchev–Trinajstić information content (AvgIpc) is 2.64. The Morgan fingerprint density at radius 3 is 2.89 bits per heavy atom. The first kappa shape index (κ1) is 20.7. The Bertz CT molecular complexity index is 875. The fourth-order valence-corrected chi connectivity index (χ4v) is 4.84. The lowest BCUT2D eigenvalue weighted by atomic mass is 9.97. The highest BCUT2D eigenvalue weighted by atomic mass is 32.2. The minimum absolute atomic E-state index is 0.157. The molecule has 2 aliphatic rings. The van der Waals surface area contributed by atoms with E-state index >= 15 is 0 Å². The number of anilines is 1. The number of benzene rings is 1. The molecule has 1 atom stereocenters. The quantitative estimate of drug-likeness (QED) is 0.566. The van der Waals surface area contributed by atoms with E-state index in [1.807, 2.05) is 0 Å². The van der Waals surface area contributed by atoms with Crippen molar-refractivity contribution in [3.8, 4) is 0 Å². The van der Waals surface area contributed by atoms with Gasteiger partial charge in [-0.2, -0.15) is 0 Å². The predicted octanol–water partition coefficient (Wildman–Crippen LogP) is 0.576. The third kappa shape index (κ3) is 4.86. The number of primary amides is 1. The van der Waals surface area contributed by atoms with Gasteiger partial charge in [-0.15, -0.1) is 0 Å². The van der Waals surface area contributed by atoms with Gasteiger partial charge in [0.15, 0.2) is 0 Å². The number of sulfonamides is 1. The second-order valence-electron chi connectivity index (χ2n) is 7.28. The smallest absolute Gasteiger partial charge is 0.243 e. The molecule has 0 spiro atoms. The second-order valence-corrected chi connectivity index (χ2v) is 9.02. The van der Waals surface area contributed by atoms with E-state index in [0.29, 0.717) is 37.2 Å². The Morgan fingerprint density at radius 1 is 1.36 bits per heavy atom. The van der Waals surface area contributed by atoms with Crippen molar-refractivity contribution in [1.82, 2.24) is 9.62 Å². The molecule has 2 amide bonds. The van der Waals surface area contributed by atoms with Crippen molar-refractivity contribution in [3.63, 3.8) is 0 Å². The molecule has 2 aliphatic heterocycles. The van der Waals surface area contributed by atoms with Crippen LogP contribution in [0.5, 0.6) is 0 Å². The third-order valence-electron chi connectivity index (χ3n) is 5.19. The maximum absolute atomic E-state index is 14.3. The summed E-state index contributed by atoms with van der Waals surface area (Å²) in [5.74, 6) is -1.56. The van der Waals surface area contributed by atoms with E-state index in [1.54, 1.807) is 0 Å². The normalized spacial score (nSPS) is 20.5. The molecule has 1 aromatic rings. The number of piperidine rings is 1. The van der Waals surface area contributed by atoms with Crippen molar-refractivity contribution in [2.45, 2.75) is 37.0 Å². The topological polar surface area (TPSA) is 122 Å². The maximum atomic E-state index is 14.3. The van der Waals surface area contributed by atoms with Crippen LogP contribution in [0, 0.1) is 11.7 Å². The monoisotopic (exact) mass is 412 g/mol. The fraction of sp³-hybridized carbons (Fsp3) is 0.556. The van der Waals surface area contributed by atoms with Crippen molar-refractivity contribution in [1.29, 1.82) is 0 Å². The number of amides is 2. The van der Waals surface area contributed by atoms with Crippen molar-refractivity contribution in [3.05, 3.63) is 23.5 Å². The first-order chi connectivity index (χ1) is 13.3. The Kier molecular flexibility index (Phi) is 6.31. The van der Waals surface area contributed by atoms with Crippen LogP contribution in [-0.4, -0.2) is 51.3 Å². The molecule has 1 unspecified atom stereocenters. The number of rotatable bonds is 7. The van der Waals surface area contributed by atoms with Gasteiger partial charge in [-0.05, 0) is 56.5 Å². The number of halogens is 1. The van der Waals surface area contributed by atoms with Crippen molar-refractivity contribution in [2.75, 3.05) is 31.5 Å². The van der Waals surface area contributed by atoms with E-state index in [0.717, 1.165) is 25.5 Å². The van der Waals surface area contributed by atoms with E-state index < -0.39 is 20.7 Å². The van der Waals surface area contributed by atoms with Crippen LogP contribution >= 0.6 is 0 Å². The number of nitrogens with zero attached hydrogens (tertiary/aromatic N) is 1. The van der Waals surface area contributed by atoms with Crippen LogP contribution in [0.15, 0.2) is 17.0 Å². The number of nitrogens with two attached hydrogens (primary N) is 1. The molecule has 0 bridgehead atoms. The Hall–Kier alpha value is -2.04. The van der Waals surface area contributed by atoms with Crippen molar-refractivity contribution < 1.29 is 22.4 Å². The van der Waals surface area contributed by atoms with E-state index in [9.17, 15) is 22.4 Å². The Balaban J connectivity index is 1.56. The van der Waals surface area contributed by atoms with Crippen LogP contribution < -0.4 is 15.8 Å². The molecule has 4 N–H and O–H groups in total. The SMILES string of the molecule is NC(=O)C1CCCN(CCCNS(=O)(=O)c2cc3c(cc2F)NC(=O)CC3)C1. The molecule has 154 valence electrons. The van der Waals surface area contributed by atoms with Gasteiger partial charge in [0, 0.05) is 25.2 Å². The number of hydrogen-bond acceptors (Lipinski definition) is 5. The van der Waals surface area contributed by atoms with Gasteiger partial charge in [-0.25, -0.2) is 17.5 Å². The van der Waals surface area contributed by atoms with Crippen molar-refractivity contribution in [2.24, 2.45) is 11.7 Å². The van der Waals surface area contributed by atoms with Gasteiger partial charge in [-0.3, -0.25) is 9.59 Å². The van der Waals surface area contributed by atoms with Gasteiger partial charge in [0.05, 0.1) is 5.92 Å². The van der Waals surface area contributed by atoms with E-state index in [-0.39, 0.29) is 30.7 Å². The van der Waals surface area contributed by atoms with Crippen molar-refractivity contribution >= 4 is 27.5 Å². The zero-order valence-electron chi connectivity index (χ0n) is 15.5. The van der Waals surface area contributed by atoms with Crippen LogP contribution in [0.4, 0.5) is 10.1 Å². The number of fused-ring (bicyclic) bond motifs is 1. The molecule has 0 saturated carbocycles. The largest absolute Gasteiger partial charge is 0.369 e. The zero-order chi connectivity index (χ0) is 20.3. The predicted molar refractivity (Wildman–Crippen MR) is 102 cm³/mol. The number of carbonyl (C=O) groups excluding carboxylic acids is 2. The third-order valence-corrected chi connectivity index (χ3v) is 6.67. The highest BCUT2D eigenvalue weighted by Gasteiger charge is 2.25. The van der Waals surface area contributed by atoms with Gasteiger partial charge < -0.3 is 16.0 Å². The molecule has 0 aliphatic carbocycles. The molecule has 1 aromatic carbocycles. The minimum atomic E-state index is -4.00. The first-order valence-corrected chi connectivity index (χ1v) is 10.9. The summed E-state index contributed by atoms with van der Waals surface area (Å²) in [6.45, 7) is 2.23. The summed E-state index contributed by atoms with van der Waals surface area (Å²) < 4.78 is 41.7. The average molecular weight is 412 g/mol. The number of nitrogens with one attached hydrogen (secondary N) is 2. The lowest BCUT2D eigenvalue weighted by molar-refractivity contribution is -0.123.